The van der Waals surface area contributed by atoms with Crippen LogP contribution in [-0.4, -0.2) is 49.9 Å². The number of hydrogen-bond donors (Lipinski definition) is 2. The third kappa shape index (κ3) is 32.6. The van der Waals surface area contributed by atoms with Crippen molar-refractivity contribution in [3.05, 3.63) is 12.2 Å². The number of phosphoric ester groups is 1. The summed E-state index contributed by atoms with van der Waals surface area (Å²) in [6.07, 6.45) is 33.1. The highest BCUT2D eigenvalue weighted by Crippen LogP contribution is 2.43. The fraction of sp³-hybridized carbons (Fsp3) is 0.914. The van der Waals surface area contributed by atoms with Crippen LogP contribution in [0, 0.1) is 0 Å². The second kappa shape index (κ2) is 33.6. The first-order valence-electron chi connectivity index (χ1n) is 18.2. The zero-order valence-electron chi connectivity index (χ0n) is 28.7. The molecule has 262 valence electrons. The molecule has 0 heterocycles. The molecule has 0 rings (SSSR count). The van der Waals surface area contributed by atoms with E-state index >= 15 is 0 Å². The van der Waals surface area contributed by atoms with E-state index in [2.05, 4.69) is 26.0 Å². The van der Waals surface area contributed by atoms with Crippen molar-refractivity contribution >= 4 is 13.8 Å². The van der Waals surface area contributed by atoms with Crippen molar-refractivity contribution in [1.82, 2.24) is 0 Å². The molecule has 0 spiro atoms. The summed E-state index contributed by atoms with van der Waals surface area (Å²) >= 11 is 0. The Morgan fingerprint density at radius 3 is 1.66 bits per heavy atom. The Morgan fingerprint density at radius 1 is 0.659 bits per heavy atom. The Balaban J connectivity index is 3.73. The summed E-state index contributed by atoms with van der Waals surface area (Å²) in [5.74, 6) is -0.354. The number of esters is 1. The molecule has 3 N–H and O–H groups in total. The molecule has 0 fully saturated rings. The number of ether oxygens (including phenoxy) is 2. The largest absolute Gasteiger partial charge is 0.472 e. The minimum atomic E-state index is -4.25. The van der Waals surface area contributed by atoms with E-state index in [1.807, 2.05) is 0 Å². The van der Waals surface area contributed by atoms with Crippen molar-refractivity contribution in [1.29, 1.82) is 0 Å². The summed E-state index contributed by atoms with van der Waals surface area (Å²) in [5, 5.41) is 0. The normalized spacial score (nSPS) is 13.8. The number of carbonyl (C=O) groups excluding carboxylic acids is 1. The summed E-state index contributed by atoms with van der Waals surface area (Å²) in [6.45, 7) is 4.75. The van der Waals surface area contributed by atoms with Crippen LogP contribution in [0.15, 0.2) is 12.2 Å². The highest BCUT2D eigenvalue weighted by molar-refractivity contribution is 7.47. The van der Waals surface area contributed by atoms with Crippen molar-refractivity contribution in [3.8, 4) is 0 Å². The third-order valence-corrected chi connectivity index (χ3v) is 8.67. The molecule has 0 aliphatic rings. The second-order valence-electron chi connectivity index (χ2n) is 12.1. The van der Waals surface area contributed by atoms with Crippen molar-refractivity contribution < 1.29 is 32.8 Å². The number of rotatable bonds is 35. The van der Waals surface area contributed by atoms with Crippen molar-refractivity contribution in [2.75, 3.05) is 33.0 Å². The van der Waals surface area contributed by atoms with Gasteiger partial charge in [-0.05, 0) is 38.5 Å². The van der Waals surface area contributed by atoms with Gasteiger partial charge in [0.1, 0.15) is 6.10 Å². The van der Waals surface area contributed by atoms with E-state index in [9.17, 15) is 14.3 Å². The lowest BCUT2D eigenvalue weighted by Crippen LogP contribution is -2.28. The average molecular weight is 648 g/mol. The van der Waals surface area contributed by atoms with Gasteiger partial charge in [-0.15, -0.1) is 0 Å². The van der Waals surface area contributed by atoms with Gasteiger partial charge in [0, 0.05) is 19.6 Å². The summed E-state index contributed by atoms with van der Waals surface area (Å²) in [6, 6.07) is 0. The van der Waals surface area contributed by atoms with Gasteiger partial charge in [-0.1, -0.05) is 135 Å². The maximum absolute atomic E-state index is 12.1. The molecule has 0 aromatic heterocycles. The number of hydrogen-bond acceptors (Lipinski definition) is 7. The minimum Gasteiger partial charge on any atom is -0.457 e. The van der Waals surface area contributed by atoms with E-state index in [-0.39, 0.29) is 32.3 Å². The van der Waals surface area contributed by atoms with E-state index in [1.54, 1.807) is 0 Å². The molecule has 9 heteroatoms. The zero-order chi connectivity index (χ0) is 32.4. The van der Waals surface area contributed by atoms with Gasteiger partial charge < -0.3 is 20.1 Å². The molecule has 0 radical (unpaired) electrons. The van der Waals surface area contributed by atoms with Gasteiger partial charge in [0.25, 0.3) is 0 Å². The van der Waals surface area contributed by atoms with Crippen LogP contribution in [0.25, 0.3) is 0 Å². The van der Waals surface area contributed by atoms with Gasteiger partial charge >= 0.3 is 13.8 Å². The fourth-order valence-electron chi connectivity index (χ4n) is 4.99. The Hall–Kier alpha value is -0.760. The van der Waals surface area contributed by atoms with Crippen LogP contribution in [0.4, 0.5) is 0 Å². The first-order chi connectivity index (χ1) is 21.4. The Kier molecular flexibility index (Phi) is 33.0. The van der Waals surface area contributed by atoms with Crippen molar-refractivity contribution in [2.24, 2.45) is 5.73 Å². The molecule has 0 saturated carbocycles. The van der Waals surface area contributed by atoms with E-state index in [1.165, 1.54) is 116 Å². The van der Waals surface area contributed by atoms with Crippen molar-refractivity contribution in [2.45, 2.75) is 174 Å². The molecule has 0 aromatic rings. The van der Waals surface area contributed by atoms with Crippen LogP contribution in [-0.2, 0) is 27.9 Å². The van der Waals surface area contributed by atoms with Gasteiger partial charge in [-0.2, -0.15) is 0 Å². The number of nitrogens with two attached hydrogens (primary N) is 1. The van der Waals surface area contributed by atoms with E-state index in [4.69, 9.17) is 24.3 Å². The highest BCUT2D eigenvalue weighted by atomic mass is 31.2. The number of unbranched alkanes of at least 4 members (excludes halogenated alkanes) is 20. The molecule has 8 nitrogen and oxygen atoms in total. The Bertz CT molecular complexity index is 692. The smallest absolute Gasteiger partial charge is 0.457 e. The molecule has 0 aliphatic heterocycles. The van der Waals surface area contributed by atoms with Gasteiger partial charge in [0.2, 0.25) is 0 Å². The highest BCUT2D eigenvalue weighted by Gasteiger charge is 2.25. The topological polar surface area (TPSA) is 117 Å². The summed E-state index contributed by atoms with van der Waals surface area (Å²) < 4.78 is 32.8. The summed E-state index contributed by atoms with van der Waals surface area (Å²) in [4.78, 5) is 21.9. The molecule has 0 bridgehead atoms. The van der Waals surface area contributed by atoms with Crippen LogP contribution in [0.2, 0.25) is 0 Å². The third-order valence-electron chi connectivity index (χ3n) is 7.68. The van der Waals surface area contributed by atoms with E-state index in [0.29, 0.717) is 13.0 Å². The SMILES string of the molecule is CCCCCCCCCC/C=C\CCCCCCCCCCCCOCC(COP(=O)(O)OCCN)OC(=O)CCCCC. The molecule has 0 aliphatic carbocycles. The van der Waals surface area contributed by atoms with E-state index < -0.39 is 13.9 Å². The van der Waals surface area contributed by atoms with Crippen LogP contribution >= 0.6 is 7.82 Å². The molecule has 0 aromatic carbocycles. The van der Waals surface area contributed by atoms with Gasteiger partial charge in [-0.3, -0.25) is 13.8 Å². The van der Waals surface area contributed by atoms with Crippen molar-refractivity contribution in [3.63, 3.8) is 0 Å². The predicted molar refractivity (Wildman–Crippen MR) is 183 cm³/mol. The molecule has 0 amide bonds. The van der Waals surface area contributed by atoms with Crippen LogP contribution in [0.1, 0.15) is 168 Å². The quantitative estimate of drug-likeness (QED) is 0.0302. The maximum Gasteiger partial charge on any atom is 0.472 e. The van der Waals surface area contributed by atoms with Crippen LogP contribution in [0.3, 0.4) is 0 Å². The molecular formula is C35H70NO7P. The predicted octanol–water partition coefficient (Wildman–Crippen LogP) is 9.97. The Labute approximate surface area is 271 Å². The zero-order valence-corrected chi connectivity index (χ0v) is 29.6. The van der Waals surface area contributed by atoms with Gasteiger partial charge in [-0.25, -0.2) is 4.57 Å². The lowest BCUT2D eigenvalue weighted by Gasteiger charge is -2.20. The first kappa shape index (κ1) is 43.2. The molecule has 2 unspecified atom stereocenters. The lowest BCUT2D eigenvalue weighted by molar-refractivity contribution is -0.154. The van der Waals surface area contributed by atoms with Crippen LogP contribution in [0.5, 0.6) is 0 Å². The molecule has 44 heavy (non-hydrogen) atoms. The monoisotopic (exact) mass is 647 g/mol. The fourth-order valence-corrected chi connectivity index (χ4v) is 5.76. The standard InChI is InChI=1S/C35H70NO7P/c1-3-5-7-8-9-10-11-12-13-14-15-16-17-18-19-20-21-22-23-24-25-27-30-40-32-34(43-35(37)28-26-6-4-2)33-42-44(38,39)41-31-29-36/h14-15,34H,3-13,16-33,36H2,1-2H3,(H,38,39)/b15-14-. The van der Waals surface area contributed by atoms with Gasteiger partial charge in [0.15, 0.2) is 0 Å². The van der Waals surface area contributed by atoms with Crippen LogP contribution < -0.4 is 5.73 Å². The number of allylic oxidation sites excluding steroid dienone is 2. The Morgan fingerprint density at radius 2 is 1.14 bits per heavy atom. The first-order valence-corrected chi connectivity index (χ1v) is 19.7. The number of phosphoric acid groups is 1. The summed E-state index contributed by atoms with van der Waals surface area (Å²) in [7, 11) is -4.25. The minimum absolute atomic E-state index is 0.0942. The molecular weight excluding hydrogens is 577 g/mol. The second-order valence-corrected chi connectivity index (χ2v) is 13.5. The molecule has 2 atom stereocenters. The lowest BCUT2D eigenvalue weighted by atomic mass is 10.1. The summed E-state index contributed by atoms with van der Waals surface area (Å²) in [5.41, 5.74) is 5.31. The maximum atomic E-state index is 12.1. The van der Waals surface area contributed by atoms with Gasteiger partial charge in [0.05, 0.1) is 19.8 Å². The number of carbonyl (C=O) groups is 1. The van der Waals surface area contributed by atoms with E-state index in [0.717, 1.165) is 32.1 Å². The average Bonchev–Trinajstić information content (AvgIpc) is 3.01. The molecule has 0 saturated heterocycles.